The van der Waals surface area contributed by atoms with Crippen molar-refractivity contribution in [1.29, 1.82) is 0 Å². The van der Waals surface area contributed by atoms with Crippen molar-refractivity contribution in [2.75, 3.05) is 0 Å². The Morgan fingerprint density at radius 3 is 2.67 bits per heavy atom. The molecule has 1 heterocycles. The SMILES string of the molecule is NC(c1csc(I)c1)c1ccccc1C1CCC1. The summed E-state index contributed by atoms with van der Waals surface area (Å²) in [5, 5.41) is 2.18. The van der Waals surface area contributed by atoms with E-state index in [-0.39, 0.29) is 6.04 Å². The fourth-order valence-electron chi connectivity index (χ4n) is 2.55. The van der Waals surface area contributed by atoms with Gasteiger partial charge in [-0.15, -0.1) is 11.3 Å². The number of hydrogen-bond acceptors (Lipinski definition) is 2. The first-order valence-electron chi connectivity index (χ1n) is 6.34. The molecule has 1 aliphatic rings. The maximum Gasteiger partial charge on any atom is 0.0656 e. The van der Waals surface area contributed by atoms with E-state index in [2.05, 4.69) is 58.3 Å². The van der Waals surface area contributed by atoms with E-state index in [1.807, 2.05) is 0 Å². The average Bonchev–Trinajstić information content (AvgIpc) is 2.74. The third-order valence-corrected chi connectivity index (χ3v) is 5.63. The van der Waals surface area contributed by atoms with E-state index in [0.29, 0.717) is 0 Å². The number of halogens is 1. The summed E-state index contributed by atoms with van der Waals surface area (Å²) < 4.78 is 1.30. The molecule has 94 valence electrons. The minimum atomic E-state index is 0.0292. The highest BCUT2D eigenvalue weighted by Gasteiger charge is 2.24. The lowest BCUT2D eigenvalue weighted by molar-refractivity contribution is 0.416. The third-order valence-electron chi connectivity index (χ3n) is 3.82. The van der Waals surface area contributed by atoms with Crippen molar-refractivity contribution in [3.05, 3.63) is 55.3 Å². The van der Waals surface area contributed by atoms with E-state index in [4.69, 9.17) is 5.73 Å². The van der Waals surface area contributed by atoms with Gasteiger partial charge < -0.3 is 5.73 Å². The second-order valence-electron chi connectivity index (χ2n) is 4.92. The van der Waals surface area contributed by atoms with Gasteiger partial charge in [-0.25, -0.2) is 0 Å². The number of rotatable bonds is 3. The zero-order chi connectivity index (χ0) is 12.5. The molecular weight excluding hydrogens is 353 g/mol. The Morgan fingerprint density at radius 2 is 2.06 bits per heavy atom. The van der Waals surface area contributed by atoms with Crippen LogP contribution in [0.2, 0.25) is 0 Å². The molecule has 0 spiro atoms. The molecule has 1 saturated carbocycles. The molecule has 3 rings (SSSR count). The first kappa shape index (κ1) is 12.6. The fraction of sp³-hybridized carbons (Fsp3) is 0.333. The van der Waals surface area contributed by atoms with Gasteiger partial charge in [0.1, 0.15) is 0 Å². The van der Waals surface area contributed by atoms with Crippen LogP contribution in [-0.4, -0.2) is 0 Å². The molecule has 3 heteroatoms. The van der Waals surface area contributed by atoms with Crippen LogP contribution >= 0.6 is 33.9 Å². The lowest BCUT2D eigenvalue weighted by atomic mass is 9.77. The second-order valence-corrected chi connectivity index (χ2v) is 7.72. The summed E-state index contributed by atoms with van der Waals surface area (Å²) in [6.07, 6.45) is 4.01. The first-order valence-corrected chi connectivity index (χ1v) is 8.30. The van der Waals surface area contributed by atoms with Gasteiger partial charge in [-0.1, -0.05) is 30.7 Å². The van der Waals surface area contributed by atoms with Crippen LogP contribution in [0.15, 0.2) is 35.7 Å². The molecular formula is C15H16INS. The number of nitrogens with two attached hydrogens (primary N) is 1. The zero-order valence-electron chi connectivity index (χ0n) is 10.1. The molecule has 1 aliphatic carbocycles. The maximum atomic E-state index is 6.45. The van der Waals surface area contributed by atoms with Crippen LogP contribution in [0.5, 0.6) is 0 Å². The van der Waals surface area contributed by atoms with E-state index in [1.54, 1.807) is 11.3 Å². The smallest absolute Gasteiger partial charge is 0.0656 e. The molecule has 1 nitrogen and oxygen atoms in total. The van der Waals surface area contributed by atoms with Crippen LogP contribution in [0.4, 0.5) is 0 Å². The third kappa shape index (κ3) is 2.36. The van der Waals surface area contributed by atoms with Crippen molar-refractivity contribution in [2.24, 2.45) is 5.73 Å². The van der Waals surface area contributed by atoms with Crippen molar-refractivity contribution in [3.8, 4) is 0 Å². The van der Waals surface area contributed by atoms with Crippen LogP contribution in [0.1, 0.15) is 47.9 Å². The highest BCUT2D eigenvalue weighted by atomic mass is 127. The number of hydrogen-bond donors (Lipinski definition) is 1. The Bertz CT molecular complexity index is 545. The molecule has 0 radical (unpaired) electrons. The van der Waals surface area contributed by atoms with Gasteiger partial charge in [0.15, 0.2) is 0 Å². The molecule has 1 unspecified atom stereocenters. The summed E-state index contributed by atoms with van der Waals surface area (Å²) >= 11 is 4.12. The van der Waals surface area contributed by atoms with Crippen molar-refractivity contribution in [3.63, 3.8) is 0 Å². The van der Waals surface area contributed by atoms with Gasteiger partial charge in [0.05, 0.1) is 8.93 Å². The monoisotopic (exact) mass is 369 g/mol. The van der Waals surface area contributed by atoms with Crippen LogP contribution in [0, 0.1) is 2.88 Å². The van der Waals surface area contributed by atoms with Crippen molar-refractivity contribution >= 4 is 33.9 Å². The number of thiophene rings is 1. The standard InChI is InChI=1S/C15H16INS/c16-14-8-11(9-18-14)15(17)13-7-2-1-6-12(13)10-4-3-5-10/h1-2,6-10,15H,3-5,17H2. The van der Waals surface area contributed by atoms with Crippen LogP contribution < -0.4 is 5.73 Å². The van der Waals surface area contributed by atoms with E-state index in [9.17, 15) is 0 Å². The molecule has 0 saturated heterocycles. The predicted molar refractivity (Wildman–Crippen MR) is 86.1 cm³/mol. The van der Waals surface area contributed by atoms with E-state index >= 15 is 0 Å². The summed E-state index contributed by atoms with van der Waals surface area (Å²) in [4.78, 5) is 0. The molecule has 0 bridgehead atoms. The Morgan fingerprint density at radius 1 is 1.28 bits per heavy atom. The Labute approximate surface area is 126 Å². The molecule has 0 aliphatic heterocycles. The summed E-state index contributed by atoms with van der Waals surface area (Å²) in [5.41, 5.74) is 10.5. The van der Waals surface area contributed by atoms with Gasteiger partial charge in [-0.05, 0) is 69.5 Å². The van der Waals surface area contributed by atoms with E-state index < -0.39 is 0 Å². The minimum Gasteiger partial charge on any atom is -0.320 e. The van der Waals surface area contributed by atoms with Crippen LogP contribution in [0.3, 0.4) is 0 Å². The lowest BCUT2D eigenvalue weighted by Gasteiger charge is -2.29. The topological polar surface area (TPSA) is 26.0 Å². The Kier molecular flexibility index (Phi) is 3.73. The highest BCUT2D eigenvalue weighted by Crippen LogP contribution is 2.40. The highest BCUT2D eigenvalue weighted by molar-refractivity contribution is 14.1. The van der Waals surface area contributed by atoms with Gasteiger partial charge >= 0.3 is 0 Å². The van der Waals surface area contributed by atoms with Gasteiger partial charge in [0.25, 0.3) is 0 Å². The quantitative estimate of drug-likeness (QED) is 0.782. The molecule has 2 aromatic rings. The first-order chi connectivity index (χ1) is 8.75. The molecule has 1 aromatic heterocycles. The molecule has 18 heavy (non-hydrogen) atoms. The summed E-state index contributed by atoms with van der Waals surface area (Å²) in [7, 11) is 0. The normalized spacial score (nSPS) is 17.4. The van der Waals surface area contributed by atoms with Gasteiger partial charge in [0, 0.05) is 0 Å². The van der Waals surface area contributed by atoms with E-state index in [1.165, 1.54) is 38.8 Å². The summed E-state index contributed by atoms with van der Waals surface area (Å²) in [6, 6.07) is 10.9. The minimum absolute atomic E-state index is 0.0292. The second kappa shape index (κ2) is 5.31. The molecule has 1 aromatic carbocycles. The predicted octanol–water partition coefficient (Wildman–Crippen LogP) is 4.67. The van der Waals surface area contributed by atoms with Gasteiger partial charge in [-0.2, -0.15) is 0 Å². The van der Waals surface area contributed by atoms with E-state index in [0.717, 1.165) is 5.92 Å². The Hall–Kier alpha value is -0.390. The number of benzene rings is 1. The lowest BCUT2D eigenvalue weighted by Crippen LogP contribution is -2.17. The van der Waals surface area contributed by atoms with Gasteiger partial charge in [0.2, 0.25) is 0 Å². The van der Waals surface area contributed by atoms with Crippen molar-refractivity contribution < 1.29 is 0 Å². The van der Waals surface area contributed by atoms with Crippen molar-refractivity contribution in [2.45, 2.75) is 31.2 Å². The molecule has 0 amide bonds. The largest absolute Gasteiger partial charge is 0.320 e. The molecule has 1 fully saturated rings. The van der Waals surface area contributed by atoms with Crippen molar-refractivity contribution in [1.82, 2.24) is 0 Å². The van der Waals surface area contributed by atoms with Crippen LogP contribution in [-0.2, 0) is 0 Å². The molecule has 2 N–H and O–H groups in total. The molecule has 1 atom stereocenters. The fourth-order valence-corrected chi connectivity index (χ4v) is 3.96. The van der Waals surface area contributed by atoms with Crippen LogP contribution in [0.25, 0.3) is 0 Å². The zero-order valence-corrected chi connectivity index (χ0v) is 13.1. The average molecular weight is 369 g/mol. The maximum absolute atomic E-state index is 6.45. The van der Waals surface area contributed by atoms with Gasteiger partial charge in [-0.3, -0.25) is 0 Å². The summed E-state index contributed by atoms with van der Waals surface area (Å²) in [6.45, 7) is 0. The summed E-state index contributed by atoms with van der Waals surface area (Å²) in [5.74, 6) is 0.741. The Balaban J connectivity index is 1.95.